The zero-order valence-electron chi connectivity index (χ0n) is 9.25. The monoisotopic (exact) mass is 189 g/mol. The van der Waals surface area contributed by atoms with Crippen molar-refractivity contribution in [2.45, 2.75) is 20.8 Å². The van der Waals surface area contributed by atoms with Gasteiger partial charge in [0.05, 0.1) is 0 Å². The Morgan fingerprint density at radius 2 is 1.86 bits per heavy atom. The van der Waals surface area contributed by atoms with Gasteiger partial charge in [0, 0.05) is 5.69 Å². The van der Waals surface area contributed by atoms with Crippen molar-refractivity contribution in [2.24, 2.45) is 0 Å². The molecule has 0 radical (unpaired) electrons. The summed E-state index contributed by atoms with van der Waals surface area (Å²) in [6.45, 7) is 9.71. The third-order valence-electron chi connectivity index (χ3n) is 1.59. The first kappa shape index (κ1) is 12.5. The van der Waals surface area contributed by atoms with Gasteiger partial charge in [0.15, 0.2) is 0 Å². The van der Waals surface area contributed by atoms with E-state index in [1.165, 1.54) is 0 Å². The van der Waals surface area contributed by atoms with E-state index in [0.717, 1.165) is 11.3 Å². The molecule has 14 heavy (non-hydrogen) atoms. The van der Waals surface area contributed by atoms with Crippen molar-refractivity contribution in [3.05, 3.63) is 48.7 Å². The van der Waals surface area contributed by atoms with Crippen molar-refractivity contribution in [2.75, 3.05) is 5.32 Å². The summed E-state index contributed by atoms with van der Waals surface area (Å²) < 4.78 is 0. The Hall–Kier alpha value is -1.50. The molecule has 0 heterocycles. The lowest BCUT2D eigenvalue weighted by atomic mass is 10.2. The molecule has 0 atom stereocenters. The summed E-state index contributed by atoms with van der Waals surface area (Å²) in [6.07, 6.45) is 5.70. The van der Waals surface area contributed by atoms with Crippen LogP contribution in [-0.2, 0) is 0 Å². The SMILES string of the molecule is C=Cc1ccccc1N/C=C\C.CC. The molecule has 1 rings (SSSR count). The lowest BCUT2D eigenvalue weighted by Crippen LogP contribution is -1.89. The molecular formula is C13H19N. The molecule has 1 aromatic rings. The summed E-state index contributed by atoms with van der Waals surface area (Å²) in [5, 5.41) is 3.16. The summed E-state index contributed by atoms with van der Waals surface area (Å²) in [7, 11) is 0. The summed E-state index contributed by atoms with van der Waals surface area (Å²) in [5.74, 6) is 0. The number of anilines is 1. The molecular weight excluding hydrogens is 170 g/mol. The van der Waals surface area contributed by atoms with Gasteiger partial charge < -0.3 is 5.32 Å². The highest BCUT2D eigenvalue weighted by molar-refractivity contribution is 5.66. The number of rotatable bonds is 3. The molecule has 0 aromatic heterocycles. The van der Waals surface area contributed by atoms with E-state index in [2.05, 4.69) is 11.9 Å². The quantitative estimate of drug-likeness (QED) is 0.747. The second-order valence-electron chi connectivity index (χ2n) is 2.44. The van der Waals surface area contributed by atoms with Crippen LogP contribution in [0.15, 0.2) is 43.1 Å². The smallest absolute Gasteiger partial charge is 0.0453 e. The fourth-order valence-electron chi connectivity index (χ4n) is 0.980. The first-order chi connectivity index (χ1) is 6.88. The molecule has 1 N–H and O–H groups in total. The van der Waals surface area contributed by atoms with Crippen LogP contribution in [0.2, 0.25) is 0 Å². The van der Waals surface area contributed by atoms with Gasteiger partial charge in [-0.3, -0.25) is 0 Å². The van der Waals surface area contributed by atoms with Crippen LogP contribution in [0.3, 0.4) is 0 Å². The highest BCUT2D eigenvalue weighted by atomic mass is 14.8. The van der Waals surface area contributed by atoms with Crippen LogP contribution < -0.4 is 5.32 Å². The average Bonchev–Trinajstić information content (AvgIpc) is 2.29. The van der Waals surface area contributed by atoms with Crippen molar-refractivity contribution in [1.29, 1.82) is 0 Å². The summed E-state index contributed by atoms with van der Waals surface area (Å²) in [6, 6.07) is 8.05. The molecule has 1 heteroatoms. The van der Waals surface area contributed by atoms with Gasteiger partial charge in [0.1, 0.15) is 0 Å². The van der Waals surface area contributed by atoms with Crippen LogP contribution in [0.4, 0.5) is 5.69 Å². The van der Waals surface area contributed by atoms with Crippen molar-refractivity contribution < 1.29 is 0 Å². The molecule has 0 saturated heterocycles. The fourth-order valence-corrected chi connectivity index (χ4v) is 0.980. The van der Waals surface area contributed by atoms with Crippen LogP contribution in [-0.4, -0.2) is 0 Å². The van der Waals surface area contributed by atoms with Crippen LogP contribution >= 0.6 is 0 Å². The van der Waals surface area contributed by atoms with E-state index in [1.807, 2.05) is 63.4 Å². The van der Waals surface area contributed by atoms with Gasteiger partial charge >= 0.3 is 0 Å². The average molecular weight is 189 g/mol. The maximum absolute atomic E-state index is 3.74. The molecule has 0 fully saturated rings. The van der Waals surface area contributed by atoms with Crippen LogP contribution in [0, 0.1) is 0 Å². The molecule has 0 aliphatic rings. The molecule has 0 aliphatic carbocycles. The van der Waals surface area contributed by atoms with E-state index in [9.17, 15) is 0 Å². The first-order valence-electron chi connectivity index (χ1n) is 4.97. The van der Waals surface area contributed by atoms with Crippen LogP contribution in [0.25, 0.3) is 6.08 Å². The Labute approximate surface area is 87.2 Å². The third-order valence-corrected chi connectivity index (χ3v) is 1.59. The van der Waals surface area contributed by atoms with E-state index in [4.69, 9.17) is 0 Å². The second kappa shape index (κ2) is 8.11. The van der Waals surface area contributed by atoms with E-state index < -0.39 is 0 Å². The highest BCUT2D eigenvalue weighted by Gasteiger charge is 1.92. The molecule has 0 unspecified atom stereocenters. The Kier molecular flexibility index (Phi) is 7.24. The molecule has 1 aromatic carbocycles. The number of hydrogen-bond acceptors (Lipinski definition) is 1. The van der Waals surface area contributed by atoms with E-state index in [1.54, 1.807) is 0 Å². The third kappa shape index (κ3) is 3.94. The van der Waals surface area contributed by atoms with Crippen LogP contribution in [0.5, 0.6) is 0 Å². The molecule has 0 bridgehead atoms. The summed E-state index contributed by atoms with van der Waals surface area (Å²) in [5.41, 5.74) is 2.21. The minimum atomic E-state index is 1.09. The lowest BCUT2D eigenvalue weighted by Gasteiger charge is -2.03. The first-order valence-corrected chi connectivity index (χ1v) is 4.97. The molecule has 0 amide bonds. The maximum atomic E-state index is 3.74. The summed E-state index contributed by atoms with van der Waals surface area (Å²) >= 11 is 0. The van der Waals surface area contributed by atoms with E-state index >= 15 is 0 Å². The molecule has 76 valence electrons. The number of benzene rings is 1. The van der Waals surface area contributed by atoms with Gasteiger partial charge in [0.2, 0.25) is 0 Å². The summed E-state index contributed by atoms with van der Waals surface area (Å²) in [4.78, 5) is 0. The van der Waals surface area contributed by atoms with Crippen molar-refractivity contribution >= 4 is 11.8 Å². The number of para-hydroxylation sites is 1. The van der Waals surface area contributed by atoms with Crippen molar-refractivity contribution in [3.63, 3.8) is 0 Å². The zero-order valence-corrected chi connectivity index (χ0v) is 9.25. The Balaban J connectivity index is 0.000000791. The molecule has 0 saturated carbocycles. The number of hydrogen-bond donors (Lipinski definition) is 1. The molecule has 0 spiro atoms. The Morgan fingerprint density at radius 1 is 1.21 bits per heavy atom. The highest BCUT2D eigenvalue weighted by Crippen LogP contribution is 2.15. The second-order valence-corrected chi connectivity index (χ2v) is 2.44. The minimum absolute atomic E-state index is 1.09. The van der Waals surface area contributed by atoms with Gasteiger partial charge in [-0.15, -0.1) is 0 Å². The largest absolute Gasteiger partial charge is 0.362 e. The number of nitrogens with one attached hydrogen (secondary N) is 1. The van der Waals surface area contributed by atoms with Gasteiger partial charge in [-0.1, -0.05) is 50.8 Å². The molecule has 0 aliphatic heterocycles. The van der Waals surface area contributed by atoms with Gasteiger partial charge in [-0.05, 0) is 24.8 Å². The lowest BCUT2D eigenvalue weighted by molar-refractivity contribution is 1.50. The van der Waals surface area contributed by atoms with Crippen molar-refractivity contribution in [1.82, 2.24) is 0 Å². The number of allylic oxidation sites excluding steroid dienone is 1. The van der Waals surface area contributed by atoms with Crippen LogP contribution in [0.1, 0.15) is 26.3 Å². The van der Waals surface area contributed by atoms with E-state index in [0.29, 0.717) is 0 Å². The predicted molar refractivity (Wildman–Crippen MR) is 66.3 cm³/mol. The zero-order chi connectivity index (χ0) is 10.8. The Morgan fingerprint density at radius 3 is 2.43 bits per heavy atom. The Bertz CT molecular complexity index is 287. The van der Waals surface area contributed by atoms with Crippen molar-refractivity contribution in [3.8, 4) is 0 Å². The predicted octanol–water partition coefficient (Wildman–Crippen LogP) is 4.30. The van der Waals surface area contributed by atoms with Gasteiger partial charge in [-0.2, -0.15) is 0 Å². The standard InChI is InChI=1S/C11H13N.C2H6/c1-3-9-12-11-8-6-5-7-10(11)4-2;1-2/h3-9,12H,2H2,1H3;1-2H3/b9-3-;. The van der Waals surface area contributed by atoms with E-state index in [-0.39, 0.29) is 0 Å². The topological polar surface area (TPSA) is 12.0 Å². The molecule has 1 nitrogen and oxygen atoms in total. The fraction of sp³-hybridized carbons (Fsp3) is 0.231. The van der Waals surface area contributed by atoms with Gasteiger partial charge in [-0.25, -0.2) is 0 Å². The normalized spacial score (nSPS) is 9.07. The minimum Gasteiger partial charge on any atom is -0.362 e. The maximum Gasteiger partial charge on any atom is 0.0453 e. The van der Waals surface area contributed by atoms with Gasteiger partial charge in [0.25, 0.3) is 0 Å².